The van der Waals surface area contributed by atoms with Crippen LogP contribution in [0.5, 0.6) is 0 Å². The topological polar surface area (TPSA) is 23.8 Å². The summed E-state index contributed by atoms with van der Waals surface area (Å²) in [6, 6.07) is 8.03. The van der Waals surface area contributed by atoms with Gasteiger partial charge in [0, 0.05) is 0 Å². The van der Waals surface area contributed by atoms with Crippen molar-refractivity contribution in [3.05, 3.63) is 41.0 Å². The van der Waals surface area contributed by atoms with Gasteiger partial charge < -0.3 is 0 Å². The van der Waals surface area contributed by atoms with Crippen LogP contribution in [0.2, 0.25) is 0 Å². The van der Waals surface area contributed by atoms with Crippen molar-refractivity contribution in [1.82, 2.24) is 0 Å². The summed E-state index contributed by atoms with van der Waals surface area (Å²) in [5.41, 5.74) is 3.16. The molecule has 0 amide bonds. The van der Waals surface area contributed by atoms with Crippen LogP contribution in [0.25, 0.3) is 6.08 Å². The van der Waals surface area contributed by atoms with Crippen LogP contribution >= 0.6 is 0 Å². The van der Waals surface area contributed by atoms with Crippen molar-refractivity contribution in [3.63, 3.8) is 0 Å². The molecule has 1 aliphatic carbocycles. The predicted molar refractivity (Wildman–Crippen MR) is 43.9 cm³/mol. The van der Waals surface area contributed by atoms with Crippen LogP contribution < -0.4 is 0 Å². The highest BCUT2D eigenvalue weighted by molar-refractivity contribution is 5.66. The summed E-state index contributed by atoms with van der Waals surface area (Å²) in [6.45, 7) is 0. The summed E-state index contributed by atoms with van der Waals surface area (Å²) in [5.74, 6) is 0. The van der Waals surface area contributed by atoms with Crippen LogP contribution in [0.4, 0.5) is 0 Å². The maximum atomic E-state index is 8.72. The third-order valence-corrected chi connectivity index (χ3v) is 1.94. The molecule has 1 aliphatic rings. The van der Waals surface area contributed by atoms with Gasteiger partial charge in [-0.1, -0.05) is 24.3 Å². The van der Waals surface area contributed by atoms with Gasteiger partial charge in [-0.2, -0.15) is 5.26 Å². The molecule has 1 heteroatoms. The zero-order valence-electron chi connectivity index (χ0n) is 6.04. The molecule has 0 bridgehead atoms. The fraction of sp³-hybridized carbons (Fsp3) is 0.100. The molecule has 1 nitrogen and oxygen atoms in total. The number of hydrogen-bond donors (Lipinski definition) is 0. The molecule has 0 heterocycles. The Morgan fingerprint density at radius 1 is 1.36 bits per heavy atom. The summed E-state index contributed by atoms with van der Waals surface area (Å²) in [4.78, 5) is 0. The van der Waals surface area contributed by atoms with E-state index >= 15 is 0 Å². The van der Waals surface area contributed by atoms with E-state index in [0.29, 0.717) is 0 Å². The first kappa shape index (κ1) is 6.18. The number of hydrogen-bond acceptors (Lipinski definition) is 1. The van der Waals surface area contributed by atoms with Gasteiger partial charge >= 0.3 is 0 Å². The lowest BCUT2D eigenvalue weighted by atomic mass is 10.0. The van der Waals surface area contributed by atoms with E-state index in [1.165, 1.54) is 5.56 Å². The maximum Gasteiger partial charge on any atom is 0.0998 e. The first-order valence-corrected chi connectivity index (χ1v) is 3.60. The van der Waals surface area contributed by atoms with Gasteiger partial charge in [-0.25, -0.2) is 0 Å². The molecule has 0 aromatic heterocycles. The zero-order chi connectivity index (χ0) is 7.68. The van der Waals surface area contributed by atoms with Gasteiger partial charge in [0.15, 0.2) is 0 Å². The monoisotopic (exact) mass is 141 g/mol. The standard InChI is InChI=1S/C10H7N/c11-7-9-5-1-3-8-4-2-6-10(8)9/h1-3,5-6H,4H2. The van der Waals surface area contributed by atoms with Gasteiger partial charge in [-0.05, 0) is 23.6 Å². The molecule has 2 rings (SSSR count). The molecule has 1 aromatic carbocycles. The molecular formula is C10H7N. The highest BCUT2D eigenvalue weighted by Gasteiger charge is 2.07. The van der Waals surface area contributed by atoms with Crippen LogP contribution in [0.15, 0.2) is 24.3 Å². The molecule has 1 aromatic rings. The smallest absolute Gasteiger partial charge is 0.0998 e. The van der Waals surface area contributed by atoms with Gasteiger partial charge in [0.25, 0.3) is 0 Å². The predicted octanol–water partition coefficient (Wildman–Crippen LogP) is 2.13. The molecule has 0 radical (unpaired) electrons. The fourth-order valence-corrected chi connectivity index (χ4v) is 1.39. The zero-order valence-corrected chi connectivity index (χ0v) is 6.04. The van der Waals surface area contributed by atoms with Gasteiger partial charge in [-0.3, -0.25) is 0 Å². The Morgan fingerprint density at radius 2 is 2.27 bits per heavy atom. The van der Waals surface area contributed by atoms with Crippen molar-refractivity contribution in [2.24, 2.45) is 0 Å². The van der Waals surface area contributed by atoms with Crippen molar-refractivity contribution in [2.45, 2.75) is 6.42 Å². The lowest BCUT2D eigenvalue weighted by Crippen LogP contribution is -1.84. The molecule has 0 fully saturated rings. The molecule has 11 heavy (non-hydrogen) atoms. The average molecular weight is 141 g/mol. The van der Waals surface area contributed by atoms with E-state index in [2.05, 4.69) is 18.2 Å². The van der Waals surface area contributed by atoms with E-state index in [4.69, 9.17) is 5.26 Å². The number of nitriles is 1. The highest BCUT2D eigenvalue weighted by atomic mass is 14.2. The normalized spacial score (nSPS) is 12.6. The highest BCUT2D eigenvalue weighted by Crippen LogP contribution is 2.22. The van der Waals surface area contributed by atoms with Gasteiger partial charge in [0.05, 0.1) is 11.6 Å². The minimum Gasteiger partial charge on any atom is -0.192 e. The minimum atomic E-state index is 0.788. The van der Waals surface area contributed by atoms with Crippen molar-refractivity contribution >= 4 is 6.08 Å². The van der Waals surface area contributed by atoms with Crippen molar-refractivity contribution < 1.29 is 0 Å². The second-order valence-corrected chi connectivity index (χ2v) is 2.60. The molecule has 0 N–H and O–H groups in total. The Hall–Kier alpha value is -1.55. The Labute approximate surface area is 65.6 Å². The molecule has 0 atom stereocenters. The first-order chi connectivity index (χ1) is 5.42. The van der Waals surface area contributed by atoms with Gasteiger partial charge in [-0.15, -0.1) is 0 Å². The van der Waals surface area contributed by atoms with Crippen LogP contribution in [-0.4, -0.2) is 0 Å². The third kappa shape index (κ3) is 0.841. The SMILES string of the molecule is N#Cc1cccc2c1C=CC2. The molecule has 0 spiro atoms. The van der Waals surface area contributed by atoms with E-state index in [0.717, 1.165) is 17.5 Å². The summed E-state index contributed by atoms with van der Waals surface area (Å²) >= 11 is 0. The molecular weight excluding hydrogens is 134 g/mol. The third-order valence-electron chi connectivity index (χ3n) is 1.94. The second-order valence-electron chi connectivity index (χ2n) is 2.60. The Kier molecular flexibility index (Phi) is 1.26. The average Bonchev–Trinajstić information content (AvgIpc) is 2.50. The lowest BCUT2D eigenvalue weighted by Gasteiger charge is -1.98. The fourth-order valence-electron chi connectivity index (χ4n) is 1.39. The summed E-state index contributed by atoms with van der Waals surface area (Å²) in [6.07, 6.45) is 5.09. The second kappa shape index (κ2) is 2.25. The molecule has 0 unspecified atom stereocenters. The van der Waals surface area contributed by atoms with E-state index < -0.39 is 0 Å². The summed E-state index contributed by atoms with van der Waals surface area (Å²) < 4.78 is 0. The van der Waals surface area contributed by atoms with E-state index in [-0.39, 0.29) is 0 Å². The number of benzene rings is 1. The quantitative estimate of drug-likeness (QED) is 0.543. The van der Waals surface area contributed by atoms with Crippen LogP contribution in [-0.2, 0) is 6.42 Å². The van der Waals surface area contributed by atoms with Crippen LogP contribution in [0, 0.1) is 11.3 Å². The van der Waals surface area contributed by atoms with Crippen LogP contribution in [0.3, 0.4) is 0 Å². The van der Waals surface area contributed by atoms with E-state index in [1.807, 2.05) is 18.2 Å². The number of rotatable bonds is 0. The first-order valence-electron chi connectivity index (χ1n) is 3.60. The van der Waals surface area contributed by atoms with Crippen molar-refractivity contribution in [1.29, 1.82) is 5.26 Å². The number of fused-ring (bicyclic) bond motifs is 1. The van der Waals surface area contributed by atoms with E-state index in [9.17, 15) is 0 Å². The van der Waals surface area contributed by atoms with Crippen LogP contribution in [0.1, 0.15) is 16.7 Å². The molecule has 0 saturated heterocycles. The number of allylic oxidation sites excluding steroid dienone is 1. The number of nitrogens with zero attached hydrogens (tertiary/aromatic N) is 1. The van der Waals surface area contributed by atoms with E-state index in [1.54, 1.807) is 0 Å². The largest absolute Gasteiger partial charge is 0.192 e. The molecule has 0 aliphatic heterocycles. The molecule has 52 valence electrons. The Balaban J connectivity index is 2.69. The minimum absolute atomic E-state index is 0.788. The van der Waals surface area contributed by atoms with Crippen molar-refractivity contribution in [3.8, 4) is 6.07 Å². The summed E-state index contributed by atoms with van der Waals surface area (Å²) in [7, 11) is 0. The molecule has 0 saturated carbocycles. The van der Waals surface area contributed by atoms with Crippen molar-refractivity contribution in [2.75, 3.05) is 0 Å². The van der Waals surface area contributed by atoms with Gasteiger partial charge in [0.2, 0.25) is 0 Å². The summed E-state index contributed by atoms with van der Waals surface area (Å²) in [5, 5.41) is 8.72. The maximum absolute atomic E-state index is 8.72. The lowest BCUT2D eigenvalue weighted by molar-refractivity contribution is 1.30. The Bertz CT molecular complexity index is 356. The Morgan fingerprint density at radius 3 is 3.09 bits per heavy atom. The van der Waals surface area contributed by atoms with Gasteiger partial charge in [0.1, 0.15) is 0 Å².